The molecule has 240 valence electrons. The maximum atomic E-state index is 5.24. The van der Waals surface area contributed by atoms with Crippen molar-refractivity contribution in [2.75, 3.05) is 0 Å². The first-order valence-corrected chi connectivity index (χ1v) is 17.1. The lowest BCUT2D eigenvalue weighted by Crippen LogP contribution is -1.96. The Labute approximate surface area is 296 Å². The Bertz CT molecular complexity index is 2610. The van der Waals surface area contributed by atoms with Gasteiger partial charge in [-0.3, -0.25) is 4.98 Å². The Hall–Kier alpha value is -6.78. The van der Waals surface area contributed by atoms with Crippen molar-refractivity contribution in [1.82, 2.24) is 19.9 Å². The Morgan fingerprint density at radius 3 is 1.53 bits per heavy atom. The standard InChI is InChI=1S/C47H32N4/c1-31-20-21-37-26-27-40-41(33-12-5-2-6-13-33)29-42(49-46(40)45(37)48-31)36-24-22-32(23-25-36)38-18-11-19-39(28-38)47-50-43(34-14-7-3-8-15-34)30-44(51-47)35-16-9-4-10-17-35/h2-30H,1H3. The van der Waals surface area contributed by atoms with Gasteiger partial charge in [-0.2, -0.15) is 0 Å². The molecule has 0 aliphatic heterocycles. The summed E-state index contributed by atoms with van der Waals surface area (Å²) in [6.45, 7) is 2.03. The van der Waals surface area contributed by atoms with Gasteiger partial charge < -0.3 is 0 Å². The molecule has 6 aromatic carbocycles. The number of fused-ring (bicyclic) bond motifs is 3. The minimum Gasteiger partial charge on any atom is -0.251 e. The Morgan fingerprint density at radius 2 is 0.863 bits per heavy atom. The average Bonchev–Trinajstić information content (AvgIpc) is 3.21. The lowest BCUT2D eigenvalue weighted by Gasteiger charge is -2.13. The number of hydrogen-bond acceptors (Lipinski definition) is 4. The fraction of sp³-hybridized carbons (Fsp3) is 0.0213. The summed E-state index contributed by atoms with van der Waals surface area (Å²) in [4.78, 5) is 20.3. The number of aromatic nitrogens is 4. The maximum absolute atomic E-state index is 5.24. The number of rotatable bonds is 6. The molecule has 0 bridgehead atoms. The molecule has 0 spiro atoms. The molecule has 4 nitrogen and oxygen atoms in total. The van der Waals surface area contributed by atoms with Crippen LogP contribution in [0.2, 0.25) is 0 Å². The van der Waals surface area contributed by atoms with Gasteiger partial charge in [0, 0.05) is 38.7 Å². The summed E-state index contributed by atoms with van der Waals surface area (Å²) >= 11 is 0. The molecule has 0 N–H and O–H groups in total. The second-order valence-corrected chi connectivity index (χ2v) is 12.8. The molecular formula is C47H32N4. The van der Waals surface area contributed by atoms with Crippen LogP contribution < -0.4 is 0 Å². The molecule has 0 unspecified atom stereocenters. The van der Waals surface area contributed by atoms with Crippen molar-refractivity contribution in [1.29, 1.82) is 0 Å². The summed E-state index contributed by atoms with van der Waals surface area (Å²) in [5.74, 6) is 0.693. The largest absolute Gasteiger partial charge is 0.251 e. The number of pyridine rings is 2. The molecule has 9 aromatic rings. The Kier molecular flexibility index (Phi) is 7.67. The zero-order valence-electron chi connectivity index (χ0n) is 28.0. The van der Waals surface area contributed by atoms with Crippen LogP contribution in [0.3, 0.4) is 0 Å². The van der Waals surface area contributed by atoms with Crippen LogP contribution in [0.1, 0.15) is 5.69 Å². The minimum absolute atomic E-state index is 0.693. The van der Waals surface area contributed by atoms with Crippen molar-refractivity contribution in [2.24, 2.45) is 0 Å². The van der Waals surface area contributed by atoms with Crippen molar-refractivity contribution >= 4 is 21.8 Å². The molecule has 51 heavy (non-hydrogen) atoms. The SMILES string of the molecule is Cc1ccc2ccc3c(-c4ccccc4)cc(-c4ccc(-c5cccc(-c6nc(-c7ccccc7)cc(-c7ccccc7)n6)c5)cc4)nc3c2n1. The normalized spacial score (nSPS) is 11.2. The third-order valence-electron chi connectivity index (χ3n) is 9.36. The van der Waals surface area contributed by atoms with Gasteiger partial charge in [0.05, 0.1) is 28.1 Å². The van der Waals surface area contributed by atoms with E-state index in [1.54, 1.807) is 0 Å². The highest BCUT2D eigenvalue weighted by Crippen LogP contribution is 2.36. The van der Waals surface area contributed by atoms with Crippen LogP contribution in [0.4, 0.5) is 0 Å². The van der Waals surface area contributed by atoms with Crippen LogP contribution in [-0.2, 0) is 0 Å². The van der Waals surface area contributed by atoms with Crippen LogP contribution in [0, 0.1) is 6.92 Å². The van der Waals surface area contributed by atoms with Gasteiger partial charge in [0.1, 0.15) is 0 Å². The predicted molar refractivity (Wildman–Crippen MR) is 210 cm³/mol. The van der Waals surface area contributed by atoms with E-state index >= 15 is 0 Å². The maximum Gasteiger partial charge on any atom is 0.160 e. The van der Waals surface area contributed by atoms with Crippen LogP contribution in [-0.4, -0.2) is 19.9 Å². The van der Waals surface area contributed by atoms with Gasteiger partial charge in [-0.1, -0.05) is 152 Å². The van der Waals surface area contributed by atoms with E-state index in [0.717, 1.165) is 89.1 Å². The lowest BCUT2D eigenvalue weighted by molar-refractivity contribution is 1.18. The van der Waals surface area contributed by atoms with Crippen molar-refractivity contribution in [3.8, 4) is 67.4 Å². The summed E-state index contributed by atoms with van der Waals surface area (Å²) in [5, 5.41) is 2.18. The molecule has 0 saturated heterocycles. The van der Waals surface area contributed by atoms with Gasteiger partial charge in [-0.15, -0.1) is 0 Å². The average molecular weight is 653 g/mol. The predicted octanol–water partition coefficient (Wildman–Crippen LogP) is 11.9. The smallest absolute Gasteiger partial charge is 0.160 e. The molecule has 0 radical (unpaired) electrons. The molecule has 0 atom stereocenters. The highest BCUT2D eigenvalue weighted by atomic mass is 14.9. The van der Waals surface area contributed by atoms with Crippen molar-refractivity contribution < 1.29 is 0 Å². The van der Waals surface area contributed by atoms with E-state index in [2.05, 4.69) is 140 Å². The highest BCUT2D eigenvalue weighted by molar-refractivity contribution is 6.09. The summed E-state index contributed by atoms with van der Waals surface area (Å²) in [6, 6.07) is 61.0. The molecule has 3 aromatic heterocycles. The van der Waals surface area contributed by atoms with Crippen molar-refractivity contribution in [3.63, 3.8) is 0 Å². The molecule has 4 heteroatoms. The van der Waals surface area contributed by atoms with Gasteiger partial charge in [-0.25, -0.2) is 15.0 Å². The quantitative estimate of drug-likeness (QED) is 0.168. The van der Waals surface area contributed by atoms with E-state index in [9.17, 15) is 0 Å². The first-order chi connectivity index (χ1) is 25.2. The zero-order chi connectivity index (χ0) is 34.1. The topological polar surface area (TPSA) is 51.6 Å². The van der Waals surface area contributed by atoms with Gasteiger partial charge >= 0.3 is 0 Å². The summed E-state index contributed by atoms with van der Waals surface area (Å²) in [7, 11) is 0. The number of hydrogen-bond donors (Lipinski definition) is 0. The molecule has 0 saturated carbocycles. The van der Waals surface area contributed by atoms with E-state index in [4.69, 9.17) is 19.9 Å². The van der Waals surface area contributed by atoms with Crippen LogP contribution in [0.25, 0.3) is 89.2 Å². The summed E-state index contributed by atoms with van der Waals surface area (Å²) < 4.78 is 0. The van der Waals surface area contributed by atoms with E-state index in [-0.39, 0.29) is 0 Å². The summed E-state index contributed by atoms with van der Waals surface area (Å²) in [6.07, 6.45) is 0. The third-order valence-corrected chi connectivity index (χ3v) is 9.36. The second-order valence-electron chi connectivity index (χ2n) is 12.8. The second kappa shape index (κ2) is 12.9. The van der Waals surface area contributed by atoms with E-state index < -0.39 is 0 Å². The number of benzene rings is 6. The molecule has 0 aliphatic carbocycles. The Morgan fingerprint density at radius 1 is 0.333 bits per heavy atom. The highest BCUT2D eigenvalue weighted by Gasteiger charge is 2.15. The van der Waals surface area contributed by atoms with E-state index in [1.807, 2.05) is 43.3 Å². The molecule has 9 rings (SSSR count). The van der Waals surface area contributed by atoms with E-state index in [0.29, 0.717) is 5.82 Å². The van der Waals surface area contributed by atoms with Gasteiger partial charge in [-0.05, 0) is 53.4 Å². The fourth-order valence-electron chi connectivity index (χ4n) is 6.73. The minimum atomic E-state index is 0.693. The molecule has 0 fully saturated rings. The monoisotopic (exact) mass is 652 g/mol. The zero-order valence-corrected chi connectivity index (χ0v) is 28.0. The van der Waals surface area contributed by atoms with Crippen LogP contribution in [0.15, 0.2) is 176 Å². The Balaban J connectivity index is 1.12. The molecule has 3 heterocycles. The lowest BCUT2D eigenvalue weighted by atomic mass is 9.96. The van der Waals surface area contributed by atoms with Crippen LogP contribution in [0.5, 0.6) is 0 Å². The van der Waals surface area contributed by atoms with Gasteiger partial charge in [0.2, 0.25) is 0 Å². The first kappa shape index (κ1) is 30.3. The molecule has 0 aliphatic rings. The number of aryl methyl sites for hydroxylation is 1. The third kappa shape index (κ3) is 5.94. The first-order valence-electron chi connectivity index (χ1n) is 17.1. The van der Waals surface area contributed by atoms with Crippen LogP contribution >= 0.6 is 0 Å². The summed E-state index contributed by atoms with van der Waals surface area (Å²) in [5.41, 5.74) is 14.1. The number of nitrogens with zero attached hydrogens (tertiary/aromatic N) is 4. The van der Waals surface area contributed by atoms with Crippen molar-refractivity contribution in [2.45, 2.75) is 6.92 Å². The molecular weight excluding hydrogens is 621 g/mol. The van der Waals surface area contributed by atoms with E-state index in [1.165, 1.54) is 0 Å². The fourth-order valence-corrected chi connectivity index (χ4v) is 6.73. The van der Waals surface area contributed by atoms with Gasteiger partial charge in [0.25, 0.3) is 0 Å². The van der Waals surface area contributed by atoms with Gasteiger partial charge in [0.15, 0.2) is 5.82 Å². The molecule has 0 amide bonds. The van der Waals surface area contributed by atoms with Crippen molar-refractivity contribution in [3.05, 3.63) is 182 Å².